The Morgan fingerprint density at radius 3 is 2.61 bits per heavy atom. The molecule has 0 saturated carbocycles. The zero-order chi connectivity index (χ0) is 19.9. The standard InChI is InChI=1S/C22H21N3O3/c1-15-6-3-4-7-17(15)14-24-21(26)16-10-11-23-20(12-16)22(27)25-18-8-5-9-19(13-18)28-2/h3-13H,14H2,1-2H3,(H,24,26)(H,25,27). The molecule has 28 heavy (non-hydrogen) atoms. The van der Waals surface area contributed by atoms with E-state index in [4.69, 9.17) is 4.74 Å². The molecule has 0 atom stereocenters. The second kappa shape index (κ2) is 8.81. The second-order valence-electron chi connectivity index (χ2n) is 6.22. The smallest absolute Gasteiger partial charge is 0.274 e. The number of ether oxygens (including phenoxy) is 1. The molecule has 0 unspecified atom stereocenters. The first kappa shape index (κ1) is 19.1. The number of rotatable bonds is 6. The van der Waals surface area contributed by atoms with E-state index in [2.05, 4.69) is 15.6 Å². The molecule has 0 aliphatic rings. The van der Waals surface area contributed by atoms with Crippen molar-refractivity contribution in [1.29, 1.82) is 0 Å². The molecule has 2 aromatic carbocycles. The van der Waals surface area contributed by atoms with Gasteiger partial charge >= 0.3 is 0 Å². The van der Waals surface area contributed by atoms with Gasteiger partial charge in [-0.15, -0.1) is 0 Å². The van der Waals surface area contributed by atoms with Crippen LogP contribution in [0.15, 0.2) is 66.9 Å². The van der Waals surface area contributed by atoms with Gasteiger partial charge in [0.25, 0.3) is 11.8 Å². The van der Waals surface area contributed by atoms with Gasteiger partial charge in [-0.1, -0.05) is 30.3 Å². The summed E-state index contributed by atoms with van der Waals surface area (Å²) >= 11 is 0. The van der Waals surface area contributed by atoms with Crippen LogP contribution in [-0.2, 0) is 6.54 Å². The highest BCUT2D eigenvalue weighted by molar-refractivity contribution is 6.04. The highest BCUT2D eigenvalue weighted by Crippen LogP contribution is 2.17. The average Bonchev–Trinajstić information content (AvgIpc) is 2.73. The Bertz CT molecular complexity index is 1000. The number of nitrogens with zero attached hydrogens (tertiary/aromatic N) is 1. The van der Waals surface area contributed by atoms with Crippen LogP contribution in [0.5, 0.6) is 5.75 Å². The molecule has 3 rings (SSSR count). The minimum Gasteiger partial charge on any atom is -0.497 e. The van der Waals surface area contributed by atoms with Crippen molar-refractivity contribution in [3.05, 3.63) is 89.2 Å². The van der Waals surface area contributed by atoms with Crippen molar-refractivity contribution in [1.82, 2.24) is 10.3 Å². The summed E-state index contributed by atoms with van der Waals surface area (Å²) in [6, 6.07) is 17.9. The molecule has 2 amide bonds. The number of aryl methyl sites for hydroxylation is 1. The summed E-state index contributed by atoms with van der Waals surface area (Å²) in [6.45, 7) is 2.41. The van der Waals surface area contributed by atoms with E-state index in [1.54, 1.807) is 37.4 Å². The van der Waals surface area contributed by atoms with Gasteiger partial charge in [-0.2, -0.15) is 0 Å². The van der Waals surface area contributed by atoms with Crippen molar-refractivity contribution >= 4 is 17.5 Å². The molecule has 0 bridgehead atoms. The first-order chi connectivity index (χ1) is 13.6. The van der Waals surface area contributed by atoms with E-state index in [1.807, 2.05) is 31.2 Å². The van der Waals surface area contributed by atoms with Crippen LogP contribution in [-0.4, -0.2) is 23.9 Å². The Balaban J connectivity index is 1.68. The lowest BCUT2D eigenvalue weighted by Crippen LogP contribution is -2.24. The zero-order valence-corrected chi connectivity index (χ0v) is 15.7. The van der Waals surface area contributed by atoms with Crippen molar-refractivity contribution in [2.45, 2.75) is 13.5 Å². The maximum atomic E-state index is 12.5. The third-order valence-corrected chi connectivity index (χ3v) is 4.28. The molecule has 2 N–H and O–H groups in total. The van der Waals surface area contributed by atoms with Gasteiger partial charge in [0.1, 0.15) is 11.4 Å². The summed E-state index contributed by atoms with van der Waals surface area (Å²) in [5.41, 5.74) is 3.27. The molecule has 142 valence electrons. The average molecular weight is 375 g/mol. The Labute approximate surface area is 163 Å². The number of hydrogen-bond donors (Lipinski definition) is 2. The fraction of sp³-hybridized carbons (Fsp3) is 0.136. The number of nitrogens with one attached hydrogen (secondary N) is 2. The van der Waals surface area contributed by atoms with Crippen molar-refractivity contribution in [3.8, 4) is 5.75 Å². The second-order valence-corrected chi connectivity index (χ2v) is 6.22. The monoisotopic (exact) mass is 375 g/mol. The predicted octanol–water partition coefficient (Wildman–Crippen LogP) is 3.58. The summed E-state index contributed by atoms with van der Waals surface area (Å²) in [4.78, 5) is 29.0. The minimum atomic E-state index is -0.401. The number of aromatic nitrogens is 1. The topological polar surface area (TPSA) is 80.3 Å². The number of carbonyl (C=O) groups is 2. The molecule has 6 nitrogen and oxygen atoms in total. The van der Waals surface area contributed by atoms with Gasteiger partial charge in [0.15, 0.2) is 0 Å². The molecule has 0 spiro atoms. The number of anilines is 1. The molecule has 3 aromatic rings. The van der Waals surface area contributed by atoms with E-state index in [0.717, 1.165) is 11.1 Å². The number of benzene rings is 2. The van der Waals surface area contributed by atoms with E-state index in [-0.39, 0.29) is 11.6 Å². The SMILES string of the molecule is COc1cccc(NC(=O)c2cc(C(=O)NCc3ccccc3C)ccn2)c1. The molecule has 1 aromatic heterocycles. The summed E-state index contributed by atoms with van der Waals surface area (Å²) in [6.07, 6.45) is 1.45. The molecular weight excluding hydrogens is 354 g/mol. The first-order valence-corrected chi connectivity index (χ1v) is 8.81. The number of methoxy groups -OCH3 is 1. The Kier molecular flexibility index (Phi) is 6.01. The zero-order valence-electron chi connectivity index (χ0n) is 15.7. The van der Waals surface area contributed by atoms with Crippen molar-refractivity contribution in [2.24, 2.45) is 0 Å². The Morgan fingerprint density at radius 1 is 1.00 bits per heavy atom. The fourth-order valence-corrected chi connectivity index (χ4v) is 2.68. The number of hydrogen-bond acceptors (Lipinski definition) is 4. The van der Waals surface area contributed by atoms with Crippen LogP contribution in [0.2, 0.25) is 0 Å². The van der Waals surface area contributed by atoms with E-state index in [0.29, 0.717) is 23.5 Å². The van der Waals surface area contributed by atoms with Crippen LogP contribution in [0, 0.1) is 6.92 Å². The van der Waals surface area contributed by atoms with Crippen LogP contribution in [0.25, 0.3) is 0 Å². The molecule has 1 heterocycles. The van der Waals surface area contributed by atoms with E-state index in [9.17, 15) is 9.59 Å². The Hall–Kier alpha value is -3.67. The quantitative estimate of drug-likeness (QED) is 0.690. The Morgan fingerprint density at radius 2 is 1.82 bits per heavy atom. The fourth-order valence-electron chi connectivity index (χ4n) is 2.68. The molecular formula is C22H21N3O3. The highest BCUT2D eigenvalue weighted by Gasteiger charge is 2.12. The molecule has 0 saturated heterocycles. The van der Waals surface area contributed by atoms with Crippen molar-refractivity contribution in [2.75, 3.05) is 12.4 Å². The largest absolute Gasteiger partial charge is 0.497 e. The van der Waals surface area contributed by atoms with Crippen LogP contribution in [0.3, 0.4) is 0 Å². The van der Waals surface area contributed by atoms with Crippen LogP contribution in [0.1, 0.15) is 32.0 Å². The summed E-state index contributed by atoms with van der Waals surface area (Å²) in [5.74, 6) is -0.0296. The molecule has 0 aliphatic heterocycles. The van der Waals surface area contributed by atoms with E-state index < -0.39 is 5.91 Å². The van der Waals surface area contributed by atoms with Gasteiger partial charge in [-0.05, 0) is 42.3 Å². The van der Waals surface area contributed by atoms with Gasteiger partial charge in [-0.25, -0.2) is 0 Å². The maximum Gasteiger partial charge on any atom is 0.274 e. The molecule has 6 heteroatoms. The van der Waals surface area contributed by atoms with E-state index >= 15 is 0 Å². The van der Waals surface area contributed by atoms with Crippen molar-refractivity contribution in [3.63, 3.8) is 0 Å². The lowest BCUT2D eigenvalue weighted by atomic mass is 10.1. The minimum absolute atomic E-state index is 0.159. The first-order valence-electron chi connectivity index (χ1n) is 8.81. The summed E-state index contributed by atoms with van der Waals surface area (Å²) in [7, 11) is 1.56. The van der Waals surface area contributed by atoms with Gasteiger partial charge in [-0.3, -0.25) is 14.6 Å². The maximum absolute atomic E-state index is 12.5. The van der Waals surface area contributed by atoms with Crippen molar-refractivity contribution < 1.29 is 14.3 Å². The van der Waals surface area contributed by atoms with Gasteiger partial charge in [0, 0.05) is 30.1 Å². The number of amides is 2. The molecule has 0 aliphatic carbocycles. The number of carbonyl (C=O) groups excluding carboxylic acids is 2. The predicted molar refractivity (Wildman–Crippen MR) is 108 cm³/mol. The highest BCUT2D eigenvalue weighted by atomic mass is 16.5. The van der Waals surface area contributed by atoms with Crippen LogP contribution >= 0.6 is 0 Å². The third kappa shape index (κ3) is 4.73. The van der Waals surface area contributed by atoms with Gasteiger partial charge in [0.2, 0.25) is 0 Å². The van der Waals surface area contributed by atoms with Crippen LogP contribution in [0.4, 0.5) is 5.69 Å². The molecule has 0 radical (unpaired) electrons. The van der Waals surface area contributed by atoms with E-state index in [1.165, 1.54) is 12.3 Å². The normalized spacial score (nSPS) is 10.2. The lowest BCUT2D eigenvalue weighted by Gasteiger charge is -2.09. The summed E-state index contributed by atoms with van der Waals surface area (Å²) in [5, 5.41) is 5.62. The molecule has 0 fully saturated rings. The van der Waals surface area contributed by atoms with Gasteiger partial charge < -0.3 is 15.4 Å². The van der Waals surface area contributed by atoms with Crippen LogP contribution < -0.4 is 15.4 Å². The number of pyridine rings is 1. The van der Waals surface area contributed by atoms with Gasteiger partial charge in [0.05, 0.1) is 7.11 Å². The third-order valence-electron chi connectivity index (χ3n) is 4.28. The summed E-state index contributed by atoms with van der Waals surface area (Å²) < 4.78 is 5.14. The lowest BCUT2D eigenvalue weighted by molar-refractivity contribution is 0.0950.